The highest BCUT2D eigenvalue weighted by molar-refractivity contribution is 4.69. The van der Waals surface area contributed by atoms with Gasteiger partial charge in [-0.05, 0) is 12.3 Å². The molecule has 0 bridgehead atoms. The molecule has 0 heterocycles. The molecule has 0 aromatic carbocycles. The van der Waals surface area contributed by atoms with Gasteiger partial charge in [-0.1, -0.05) is 33.6 Å². The lowest BCUT2D eigenvalue weighted by Gasteiger charge is -2.20. The van der Waals surface area contributed by atoms with Crippen LogP contribution >= 0.6 is 0 Å². The molecule has 0 aliphatic heterocycles. The van der Waals surface area contributed by atoms with Crippen molar-refractivity contribution in [1.29, 1.82) is 0 Å². The van der Waals surface area contributed by atoms with Gasteiger partial charge in [0.25, 0.3) is 0 Å². The predicted molar refractivity (Wildman–Crippen MR) is 46.4 cm³/mol. The van der Waals surface area contributed by atoms with Gasteiger partial charge in [-0.2, -0.15) is 0 Å². The normalized spacial score (nSPS) is 16.9. The number of hydrogen-bond donors (Lipinski definition) is 2. The minimum atomic E-state index is -0.554. The van der Waals surface area contributed by atoms with E-state index in [4.69, 9.17) is 0 Å². The van der Waals surface area contributed by atoms with Crippen molar-refractivity contribution in [1.82, 2.24) is 0 Å². The first-order valence-electron chi connectivity index (χ1n) is 4.45. The van der Waals surface area contributed by atoms with Gasteiger partial charge < -0.3 is 10.2 Å². The summed E-state index contributed by atoms with van der Waals surface area (Å²) in [4.78, 5) is 0. The van der Waals surface area contributed by atoms with E-state index in [1.54, 1.807) is 0 Å². The van der Waals surface area contributed by atoms with E-state index in [0.29, 0.717) is 0 Å². The van der Waals surface area contributed by atoms with E-state index in [1.165, 1.54) is 0 Å². The monoisotopic (exact) mass is 160 g/mol. The molecule has 0 aliphatic rings. The van der Waals surface area contributed by atoms with Crippen molar-refractivity contribution in [3.05, 3.63) is 0 Å². The Bertz CT molecular complexity index is 91.6. The van der Waals surface area contributed by atoms with E-state index in [1.807, 2.05) is 13.8 Å². The summed E-state index contributed by atoms with van der Waals surface area (Å²) < 4.78 is 0. The van der Waals surface area contributed by atoms with Gasteiger partial charge in [0.2, 0.25) is 0 Å². The van der Waals surface area contributed by atoms with Gasteiger partial charge in [0.15, 0.2) is 0 Å². The van der Waals surface area contributed by atoms with E-state index in [9.17, 15) is 10.2 Å². The standard InChI is InChI=1S/C9H20O2/c1-4-5-6-8(10)9(11)7(2)3/h7-11H,4-6H2,1-3H3. The first-order valence-corrected chi connectivity index (χ1v) is 4.45. The maximum absolute atomic E-state index is 9.37. The Morgan fingerprint density at radius 3 is 2.09 bits per heavy atom. The van der Waals surface area contributed by atoms with Gasteiger partial charge in [0, 0.05) is 0 Å². The summed E-state index contributed by atoms with van der Waals surface area (Å²) >= 11 is 0. The summed E-state index contributed by atoms with van der Waals surface area (Å²) in [5, 5.41) is 18.7. The van der Waals surface area contributed by atoms with Gasteiger partial charge in [-0.3, -0.25) is 0 Å². The molecule has 2 nitrogen and oxygen atoms in total. The minimum absolute atomic E-state index is 0.154. The molecule has 2 unspecified atom stereocenters. The maximum Gasteiger partial charge on any atom is 0.0821 e. The second kappa shape index (κ2) is 5.56. The van der Waals surface area contributed by atoms with Crippen LogP contribution in [-0.4, -0.2) is 22.4 Å². The highest BCUT2D eigenvalue weighted by atomic mass is 16.3. The Kier molecular flexibility index (Phi) is 5.51. The van der Waals surface area contributed by atoms with Crippen LogP contribution in [0, 0.1) is 5.92 Å². The second-order valence-corrected chi connectivity index (χ2v) is 3.44. The Morgan fingerprint density at radius 1 is 1.18 bits per heavy atom. The number of aliphatic hydroxyl groups is 2. The Labute approximate surface area is 69.2 Å². The number of aliphatic hydroxyl groups excluding tert-OH is 2. The van der Waals surface area contributed by atoms with Crippen LogP contribution in [0.3, 0.4) is 0 Å². The smallest absolute Gasteiger partial charge is 0.0821 e. The zero-order valence-electron chi connectivity index (χ0n) is 7.75. The molecule has 0 saturated heterocycles. The van der Waals surface area contributed by atoms with E-state index in [2.05, 4.69) is 6.92 Å². The molecule has 0 aliphatic carbocycles. The van der Waals surface area contributed by atoms with Crippen molar-refractivity contribution in [2.45, 2.75) is 52.2 Å². The Morgan fingerprint density at radius 2 is 1.73 bits per heavy atom. The van der Waals surface area contributed by atoms with Crippen molar-refractivity contribution < 1.29 is 10.2 Å². The van der Waals surface area contributed by atoms with E-state index >= 15 is 0 Å². The third-order valence-corrected chi connectivity index (χ3v) is 1.93. The van der Waals surface area contributed by atoms with Gasteiger partial charge in [-0.25, -0.2) is 0 Å². The van der Waals surface area contributed by atoms with Crippen LogP contribution in [0.1, 0.15) is 40.0 Å². The quantitative estimate of drug-likeness (QED) is 0.640. The van der Waals surface area contributed by atoms with Crippen LogP contribution in [0.15, 0.2) is 0 Å². The average Bonchev–Trinajstić information content (AvgIpc) is 1.98. The van der Waals surface area contributed by atoms with Crippen molar-refractivity contribution in [3.8, 4) is 0 Å². The first kappa shape index (κ1) is 10.9. The maximum atomic E-state index is 9.37. The molecule has 0 saturated carbocycles. The molecule has 0 aromatic rings. The summed E-state index contributed by atoms with van der Waals surface area (Å²) in [6, 6.07) is 0. The zero-order valence-corrected chi connectivity index (χ0v) is 7.75. The fourth-order valence-corrected chi connectivity index (χ4v) is 1.03. The van der Waals surface area contributed by atoms with E-state index in [-0.39, 0.29) is 5.92 Å². The molecule has 0 fully saturated rings. The molecule has 2 N–H and O–H groups in total. The average molecular weight is 160 g/mol. The van der Waals surface area contributed by atoms with Gasteiger partial charge >= 0.3 is 0 Å². The van der Waals surface area contributed by atoms with Gasteiger partial charge in [0.1, 0.15) is 0 Å². The number of rotatable bonds is 5. The molecule has 0 amide bonds. The van der Waals surface area contributed by atoms with Crippen LogP contribution in [0.5, 0.6) is 0 Å². The fourth-order valence-electron chi connectivity index (χ4n) is 1.03. The Hall–Kier alpha value is -0.0800. The largest absolute Gasteiger partial charge is 0.390 e. The lowest BCUT2D eigenvalue weighted by atomic mass is 9.98. The summed E-state index contributed by atoms with van der Waals surface area (Å²) in [6.45, 7) is 5.91. The lowest BCUT2D eigenvalue weighted by Crippen LogP contribution is -2.30. The van der Waals surface area contributed by atoms with E-state index in [0.717, 1.165) is 19.3 Å². The van der Waals surface area contributed by atoms with Crippen LogP contribution in [0.2, 0.25) is 0 Å². The van der Waals surface area contributed by atoms with Crippen LogP contribution < -0.4 is 0 Å². The van der Waals surface area contributed by atoms with Crippen molar-refractivity contribution >= 4 is 0 Å². The van der Waals surface area contributed by atoms with Crippen LogP contribution in [0.4, 0.5) is 0 Å². The highest BCUT2D eigenvalue weighted by Gasteiger charge is 2.18. The Balaban J connectivity index is 3.55. The highest BCUT2D eigenvalue weighted by Crippen LogP contribution is 2.11. The van der Waals surface area contributed by atoms with Crippen molar-refractivity contribution in [2.24, 2.45) is 5.92 Å². The van der Waals surface area contributed by atoms with Crippen LogP contribution in [0.25, 0.3) is 0 Å². The minimum Gasteiger partial charge on any atom is -0.390 e. The van der Waals surface area contributed by atoms with Crippen molar-refractivity contribution in [2.75, 3.05) is 0 Å². The molecule has 68 valence electrons. The first-order chi connectivity index (χ1) is 5.09. The number of unbranched alkanes of at least 4 members (excludes halogenated alkanes) is 1. The summed E-state index contributed by atoms with van der Waals surface area (Å²) in [5.41, 5.74) is 0. The third-order valence-electron chi connectivity index (χ3n) is 1.93. The molecule has 0 rings (SSSR count). The molecule has 0 spiro atoms. The number of hydrogen-bond acceptors (Lipinski definition) is 2. The topological polar surface area (TPSA) is 40.5 Å². The molecule has 0 aromatic heterocycles. The molecular formula is C9H20O2. The lowest BCUT2D eigenvalue weighted by molar-refractivity contribution is -0.0130. The van der Waals surface area contributed by atoms with E-state index < -0.39 is 12.2 Å². The zero-order chi connectivity index (χ0) is 8.85. The van der Waals surface area contributed by atoms with Gasteiger partial charge in [-0.15, -0.1) is 0 Å². The molecule has 11 heavy (non-hydrogen) atoms. The van der Waals surface area contributed by atoms with Gasteiger partial charge in [0.05, 0.1) is 12.2 Å². The van der Waals surface area contributed by atoms with Crippen molar-refractivity contribution in [3.63, 3.8) is 0 Å². The fraction of sp³-hybridized carbons (Fsp3) is 1.00. The molecule has 0 radical (unpaired) electrons. The SMILES string of the molecule is CCCCC(O)C(O)C(C)C. The molecular weight excluding hydrogens is 140 g/mol. The molecule has 2 atom stereocenters. The predicted octanol–water partition coefficient (Wildman–Crippen LogP) is 1.55. The summed E-state index contributed by atoms with van der Waals surface area (Å²) in [6.07, 6.45) is 1.69. The summed E-state index contributed by atoms with van der Waals surface area (Å²) in [5.74, 6) is 0.154. The summed E-state index contributed by atoms with van der Waals surface area (Å²) in [7, 11) is 0. The second-order valence-electron chi connectivity index (χ2n) is 3.44. The molecule has 2 heteroatoms. The van der Waals surface area contributed by atoms with Crippen LogP contribution in [-0.2, 0) is 0 Å². The third kappa shape index (κ3) is 4.38.